The lowest BCUT2D eigenvalue weighted by molar-refractivity contribution is 0.0506. The van der Waals surface area contributed by atoms with Gasteiger partial charge in [0.15, 0.2) is 21.9 Å². The second-order valence-corrected chi connectivity index (χ2v) is 22.1. The van der Waals surface area contributed by atoms with Gasteiger partial charge in [0.05, 0.1) is 19.8 Å². The van der Waals surface area contributed by atoms with Gasteiger partial charge in [-0.15, -0.1) is 11.8 Å². The fourth-order valence-electron chi connectivity index (χ4n) is 5.60. The van der Waals surface area contributed by atoms with Crippen molar-refractivity contribution in [2.24, 2.45) is 0 Å². The lowest BCUT2D eigenvalue weighted by atomic mass is 9.76. The van der Waals surface area contributed by atoms with Crippen LogP contribution >= 0.6 is 23.5 Å². The van der Waals surface area contributed by atoms with Crippen LogP contribution in [0.5, 0.6) is 17.2 Å². The van der Waals surface area contributed by atoms with Gasteiger partial charge in [-0.1, -0.05) is 78.0 Å². The standard InChI is InChI=1S/C39H64O7S2Si/c1-31(42-23-24-46-49(8,9)38(2,3)4)47-25-15-13-11-10-12-14-16-26-48-37-35-22-21-34(45-30-41-7)27-36(35)43-28-39(37,5)32-17-19-33(20-18-32)44-29-40-6/h17-22,27,31,37H,10-16,23-26,28-30H2,1-9H3. The van der Waals surface area contributed by atoms with Crippen LogP contribution in [-0.2, 0) is 24.1 Å². The molecule has 0 aliphatic carbocycles. The zero-order valence-electron chi connectivity index (χ0n) is 31.8. The van der Waals surface area contributed by atoms with E-state index in [1.807, 2.05) is 36.0 Å². The van der Waals surface area contributed by atoms with Crippen molar-refractivity contribution < 1.29 is 32.8 Å². The summed E-state index contributed by atoms with van der Waals surface area (Å²) >= 11 is 3.98. The fourth-order valence-corrected chi connectivity index (χ4v) is 9.08. The first kappa shape index (κ1) is 42.0. The average molecular weight is 737 g/mol. The zero-order valence-corrected chi connectivity index (χ0v) is 34.4. The molecule has 0 amide bonds. The number of hydrogen-bond acceptors (Lipinski definition) is 9. The minimum Gasteiger partial charge on any atom is -0.492 e. The summed E-state index contributed by atoms with van der Waals surface area (Å²) in [5, 5.41) is 0.500. The second kappa shape index (κ2) is 21.2. The fraction of sp³-hybridized carbons (Fsp3) is 0.692. The Bertz CT molecular complexity index is 1210. The minimum absolute atomic E-state index is 0.189. The van der Waals surface area contributed by atoms with Gasteiger partial charge in [0.25, 0.3) is 0 Å². The van der Waals surface area contributed by atoms with Gasteiger partial charge in [0.1, 0.15) is 22.7 Å². The molecule has 0 saturated heterocycles. The SMILES string of the molecule is COCOc1ccc(C2(C)COc3cc(OCOC)ccc3C2SCCCCCCCCCSC(C)OCCO[Si](C)(C)C(C)(C)C)cc1. The topological polar surface area (TPSA) is 64.6 Å². The second-order valence-electron chi connectivity index (χ2n) is 14.7. The van der Waals surface area contributed by atoms with Gasteiger partial charge in [-0.3, -0.25) is 0 Å². The van der Waals surface area contributed by atoms with Gasteiger partial charge in [-0.25, -0.2) is 0 Å². The Labute approximate surface area is 307 Å². The van der Waals surface area contributed by atoms with Crippen molar-refractivity contribution in [2.75, 3.05) is 59.1 Å². The number of methoxy groups -OCH3 is 2. The van der Waals surface area contributed by atoms with Gasteiger partial charge in [-0.2, -0.15) is 11.8 Å². The predicted octanol–water partition coefficient (Wildman–Crippen LogP) is 10.6. The summed E-state index contributed by atoms with van der Waals surface area (Å²) in [6, 6.07) is 14.6. The van der Waals surface area contributed by atoms with Crippen LogP contribution in [0.3, 0.4) is 0 Å². The van der Waals surface area contributed by atoms with E-state index in [1.54, 1.807) is 14.2 Å². The Morgan fingerprint density at radius 2 is 1.43 bits per heavy atom. The number of fused-ring (bicyclic) bond motifs is 1. The van der Waals surface area contributed by atoms with Crippen molar-refractivity contribution in [1.29, 1.82) is 0 Å². The Balaban J connectivity index is 1.38. The smallest absolute Gasteiger partial charge is 0.192 e. The maximum atomic E-state index is 6.40. The van der Waals surface area contributed by atoms with E-state index < -0.39 is 8.32 Å². The van der Waals surface area contributed by atoms with Crippen molar-refractivity contribution in [3.8, 4) is 17.2 Å². The highest BCUT2D eigenvalue weighted by atomic mass is 32.2. The van der Waals surface area contributed by atoms with Gasteiger partial charge < -0.3 is 32.8 Å². The third-order valence-electron chi connectivity index (χ3n) is 9.71. The maximum absolute atomic E-state index is 6.40. The van der Waals surface area contributed by atoms with Crippen LogP contribution in [-0.4, -0.2) is 72.9 Å². The Kier molecular flexibility index (Phi) is 18.2. The lowest BCUT2D eigenvalue weighted by Crippen LogP contribution is -2.41. The van der Waals surface area contributed by atoms with Gasteiger partial charge >= 0.3 is 0 Å². The maximum Gasteiger partial charge on any atom is 0.192 e. The molecule has 3 rings (SSSR count). The highest BCUT2D eigenvalue weighted by Gasteiger charge is 2.43. The summed E-state index contributed by atoms with van der Waals surface area (Å²) in [5.74, 6) is 4.74. The van der Waals surface area contributed by atoms with E-state index in [1.165, 1.54) is 56.1 Å². The first-order valence-corrected chi connectivity index (χ1v) is 23.0. The quantitative estimate of drug-likeness (QED) is 0.0595. The monoisotopic (exact) mass is 736 g/mol. The molecule has 0 aromatic heterocycles. The molecular formula is C39H64O7S2Si. The van der Waals surface area contributed by atoms with Gasteiger partial charge in [0.2, 0.25) is 0 Å². The molecular weight excluding hydrogens is 673 g/mol. The summed E-state index contributed by atoms with van der Waals surface area (Å²) in [5.41, 5.74) is 2.51. The third kappa shape index (κ3) is 13.6. The van der Waals surface area contributed by atoms with E-state index >= 15 is 0 Å². The Hall–Kier alpha value is -1.40. The molecule has 10 heteroatoms. The van der Waals surface area contributed by atoms with E-state index in [-0.39, 0.29) is 34.7 Å². The number of unbranched alkanes of at least 4 members (excludes halogenated alkanes) is 6. The molecule has 49 heavy (non-hydrogen) atoms. The first-order valence-electron chi connectivity index (χ1n) is 18.0. The van der Waals surface area contributed by atoms with Crippen LogP contribution in [0.1, 0.15) is 95.9 Å². The summed E-state index contributed by atoms with van der Waals surface area (Å²) in [7, 11) is 1.57. The molecule has 0 fully saturated rings. The number of ether oxygens (including phenoxy) is 6. The van der Waals surface area contributed by atoms with Crippen LogP contribution in [0.15, 0.2) is 42.5 Å². The van der Waals surface area contributed by atoms with Crippen molar-refractivity contribution in [3.63, 3.8) is 0 Å². The molecule has 2 aromatic rings. The molecule has 0 bridgehead atoms. The van der Waals surface area contributed by atoms with E-state index in [9.17, 15) is 0 Å². The first-order chi connectivity index (χ1) is 23.4. The van der Waals surface area contributed by atoms with Crippen molar-refractivity contribution in [3.05, 3.63) is 53.6 Å². The van der Waals surface area contributed by atoms with Crippen LogP contribution in [0.25, 0.3) is 0 Å². The molecule has 0 radical (unpaired) electrons. The summed E-state index contributed by atoms with van der Waals surface area (Å²) in [6.45, 7) is 18.4. The van der Waals surface area contributed by atoms with E-state index in [0.717, 1.165) is 28.8 Å². The van der Waals surface area contributed by atoms with Crippen LogP contribution in [0.2, 0.25) is 18.1 Å². The van der Waals surface area contributed by atoms with Crippen LogP contribution in [0.4, 0.5) is 0 Å². The molecule has 3 atom stereocenters. The number of rotatable bonds is 24. The highest BCUT2D eigenvalue weighted by molar-refractivity contribution is 7.99. The zero-order chi connectivity index (χ0) is 35.8. The summed E-state index contributed by atoms with van der Waals surface area (Å²) in [4.78, 5) is 0. The third-order valence-corrected chi connectivity index (χ3v) is 17.0. The molecule has 278 valence electrons. The predicted molar refractivity (Wildman–Crippen MR) is 209 cm³/mol. The molecule has 0 spiro atoms. The highest BCUT2D eigenvalue weighted by Crippen LogP contribution is 2.53. The molecule has 7 nitrogen and oxygen atoms in total. The molecule has 1 heterocycles. The van der Waals surface area contributed by atoms with E-state index in [0.29, 0.717) is 19.8 Å². The van der Waals surface area contributed by atoms with Gasteiger partial charge in [-0.05, 0) is 73.2 Å². The molecule has 2 aromatic carbocycles. The average Bonchev–Trinajstić information content (AvgIpc) is 3.07. The van der Waals surface area contributed by atoms with Crippen LogP contribution in [0, 0.1) is 0 Å². The molecule has 3 unspecified atom stereocenters. The van der Waals surface area contributed by atoms with Crippen LogP contribution < -0.4 is 14.2 Å². The molecule has 1 aliphatic heterocycles. The largest absolute Gasteiger partial charge is 0.492 e. The van der Waals surface area contributed by atoms with Crippen molar-refractivity contribution >= 4 is 31.8 Å². The van der Waals surface area contributed by atoms with Crippen molar-refractivity contribution in [2.45, 2.75) is 114 Å². The lowest BCUT2D eigenvalue weighted by Gasteiger charge is -2.42. The molecule has 0 saturated carbocycles. The Morgan fingerprint density at radius 3 is 2.06 bits per heavy atom. The van der Waals surface area contributed by atoms with Crippen molar-refractivity contribution in [1.82, 2.24) is 0 Å². The minimum atomic E-state index is -1.69. The van der Waals surface area contributed by atoms with E-state index in [4.69, 9.17) is 32.8 Å². The summed E-state index contributed by atoms with van der Waals surface area (Å²) in [6.07, 6.45) is 8.96. The molecule has 0 N–H and O–H groups in total. The Morgan fingerprint density at radius 1 is 0.837 bits per heavy atom. The molecule has 1 aliphatic rings. The van der Waals surface area contributed by atoms with Gasteiger partial charge in [0, 0.05) is 36.5 Å². The number of benzene rings is 2. The number of thioether (sulfide) groups is 2. The van der Waals surface area contributed by atoms with E-state index in [2.05, 4.69) is 77.7 Å². The number of hydrogen-bond donors (Lipinski definition) is 0. The summed E-state index contributed by atoms with van der Waals surface area (Å²) < 4.78 is 40.2. The normalized spacial score (nSPS) is 18.5.